The van der Waals surface area contributed by atoms with Gasteiger partial charge in [0.2, 0.25) is 0 Å². The molecular weight excluding hydrogens is 268 g/mol. The molecule has 0 unspecified atom stereocenters. The maximum Gasteiger partial charge on any atom is 0.328 e. The molecule has 0 saturated carbocycles. The Kier molecular flexibility index (Phi) is 5.12. The summed E-state index contributed by atoms with van der Waals surface area (Å²) in [7, 11) is 4.59. The normalized spacial score (nSPS) is 13.3. The zero-order valence-electron chi connectivity index (χ0n) is 12.9. The Balaban J connectivity index is 2.15. The Morgan fingerprint density at radius 3 is 2.29 bits per heavy atom. The highest BCUT2D eigenvalue weighted by Crippen LogP contribution is 2.27. The summed E-state index contributed by atoms with van der Waals surface area (Å²) >= 11 is 0. The van der Waals surface area contributed by atoms with Crippen molar-refractivity contribution in [1.82, 2.24) is 9.97 Å². The van der Waals surface area contributed by atoms with Crippen LogP contribution in [0.3, 0.4) is 0 Å². The number of benzene rings is 1. The topological polar surface area (TPSA) is 56.4 Å². The highest BCUT2D eigenvalue weighted by atomic mass is 16.9. The maximum atomic E-state index is 5.32. The van der Waals surface area contributed by atoms with Gasteiger partial charge in [0.25, 0.3) is 0 Å². The lowest BCUT2D eigenvalue weighted by atomic mass is 10.0. The molecule has 0 spiro atoms. The van der Waals surface area contributed by atoms with Crippen molar-refractivity contribution in [2.75, 3.05) is 21.3 Å². The minimum atomic E-state index is -1.24. The number of ether oxygens (including phenoxy) is 3. The first-order chi connectivity index (χ1) is 10.1. The zero-order valence-corrected chi connectivity index (χ0v) is 12.9. The summed E-state index contributed by atoms with van der Waals surface area (Å²) in [6.07, 6.45) is 2.60. The van der Waals surface area contributed by atoms with Crippen LogP contribution in [0.5, 0.6) is 0 Å². The Morgan fingerprint density at radius 2 is 1.71 bits per heavy atom. The molecule has 1 N–H and O–H groups in total. The third-order valence-corrected chi connectivity index (χ3v) is 3.58. The van der Waals surface area contributed by atoms with Crippen LogP contribution in [-0.2, 0) is 26.6 Å². The molecule has 0 saturated heterocycles. The largest absolute Gasteiger partial charge is 0.339 e. The molecule has 1 atom stereocenters. The number of aromatic amines is 1. The molecule has 0 fully saturated rings. The lowest BCUT2D eigenvalue weighted by Crippen LogP contribution is -2.33. The fourth-order valence-corrected chi connectivity index (χ4v) is 2.39. The van der Waals surface area contributed by atoms with E-state index in [0.717, 1.165) is 12.2 Å². The van der Waals surface area contributed by atoms with Crippen LogP contribution in [0.25, 0.3) is 0 Å². The van der Waals surface area contributed by atoms with E-state index in [4.69, 9.17) is 14.2 Å². The lowest BCUT2D eigenvalue weighted by Gasteiger charge is -2.26. The van der Waals surface area contributed by atoms with Crippen LogP contribution in [-0.4, -0.2) is 31.3 Å². The summed E-state index contributed by atoms with van der Waals surface area (Å²) in [6, 6.07) is 10.3. The molecule has 21 heavy (non-hydrogen) atoms. The Hall–Kier alpha value is -1.69. The minimum absolute atomic E-state index is 0.254. The Morgan fingerprint density at radius 1 is 1.10 bits per heavy atom. The van der Waals surface area contributed by atoms with Crippen molar-refractivity contribution in [3.05, 3.63) is 53.6 Å². The minimum Gasteiger partial charge on any atom is -0.339 e. The molecule has 2 aromatic rings. The highest BCUT2D eigenvalue weighted by Gasteiger charge is 2.35. The molecule has 0 aliphatic rings. The van der Waals surface area contributed by atoms with Gasteiger partial charge in [0.15, 0.2) is 0 Å². The lowest BCUT2D eigenvalue weighted by molar-refractivity contribution is -0.366. The van der Waals surface area contributed by atoms with Crippen molar-refractivity contribution in [3.63, 3.8) is 0 Å². The third-order valence-electron chi connectivity index (χ3n) is 3.58. The van der Waals surface area contributed by atoms with Crippen LogP contribution in [0.4, 0.5) is 0 Å². The highest BCUT2D eigenvalue weighted by molar-refractivity contribution is 5.18. The van der Waals surface area contributed by atoms with Crippen LogP contribution in [0.1, 0.15) is 29.9 Å². The van der Waals surface area contributed by atoms with Gasteiger partial charge in [-0.3, -0.25) is 0 Å². The molecule has 0 aliphatic heterocycles. The average Bonchev–Trinajstić information content (AvgIpc) is 3.01. The van der Waals surface area contributed by atoms with E-state index in [-0.39, 0.29) is 5.92 Å². The number of methoxy groups -OCH3 is 3. The van der Waals surface area contributed by atoms with Gasteiger partial charge in [-0.1, -0.05) is 37.3 Å². The molecule has 1 aromatic heterocycles. The molecule has 2 rings (SSSR count). The van der Waals surface area contributed by atoms with Gasteiger partial charge < -0.3 is 19.2 Å². The van der Waals surface area contributed by atoms with E-state index >= 15 is 0 Å². The predicted molar refractivity (Wildman–Crippen MR) is 79.9 cm³/mol. The zero-order chi connectivity index (χ0) is 15.3. The van der Waals surface area contributed by atoms with E-state index in [1.165, 1.54) is 26.9 Å². The van der Waals surface area contributed by atoms with Gasteiger partial charge in [0.1, 0.15) is 11.5 Å². The van der Waals surface area contributed by atoms with E-state index in [9.17, 15) is 0 Å². The second-order valence-corrected chi connectivity index (χ2v) is 4.94. The number of hydrogen-bond acceptors (Lipinski definition) is 4. The first-order valence-corrected chi connectivity index (χ1v) is 6.90. The number of H-pyrrole nitrogens is 1. The second-order valence-electron chi connectivity index (χ2n) is 4.94. The third kappa shape index (κ3) is 3.32. The van der Waals surface area contributed by atoms with Gasteiger partial charge in [0, 0.05) is 27.2 Å². The molecule has 0 radical (unpaired) electrons. The molecule has 1 aromatic carbocycles. The fraction of sp³-hybridized carbons (Fsp3) is 0.438. The predicted octanol–water partition coefficient (Wildman–Crippen LogP) is 2.81. The Bertz CT molecular complexity index is 541. The Labute approximate surface area is 125 Å². The van der Waals surface area contributed by atoms with Crippen LogP contribution in [0.15, 0.2) is 36.5 Å². The summed E-state index contributed by atoms with van der Waals surface area (Å²) in [5, 5.41) is 0. The van der Waals surface area contributed by atoms with Gasteiger partial charge >= 0.3 is 5.97 Å². The molecule has 1 heterocycles. The van der Waals surface area contributed by atoms with Gasteiger partial charge in [0.05, 0.1) is 6.20 Å². The van der Waals surface area contributed by atoms with Crippen molar-refractivity contribution >= 4 is 0 Å². The molecule has 114 valence electrons. The molecule has 5 nitrogen and oxygen atoms in total. The van der Waals surface area contributed by atoms with Crippen molar-refractivity contribution in [3.8, 4) is 0 Å². The number of hydrogen-bond donors (Lipinski definition) is 1. The summed E-state index contributed by atoms with van der Waals surface area (Å²) in [5.74, 6) is -0.105. The monoisotopic (exact) mass is 290 g/mol. The summed E-state index contributed by atoms with van der Waals surface area (Å²) in [6.45, 7) is 2.13. The van der Waals surface area contributed by atoms with Gasteiger partial charge in [-0.15, -0.1) is 0 Å². The first-order valence-electron chi connectivity index (χ1n) is 6.90. The van der Waals surface area contributed by atoms with Crippen molar-refractivity contribution in [1.29, 1.82) is 0 Å². The van der Waals surface area contributed by atoms with E-state index < -0.39 is 5.97 Å². The first kappa shape index (κ1) is 15.7. The van der Waals surface area contributed by atoms with Gasteiger partial charge in [-0.05, 0) is 12.0 Å². The van der Waals surface area contributed by atoms with Crippen LogP contribution in [0.2, 0.25) is 0 Å². The summed E-state index contributed by atoms with van der Waals surface area (Å²) < 4.78 is 16.0. The van der Waals surface area contributed by atoms with Gasteiger partial charge in [-0.25, -0.2) is 4.98 Å². The molecule has 5 heteroatoms. The van der Waals surface area contributed by atoms with Crippen molar-refractivity contribution in [2.24, 2.45) is 0 Å². The van der Waals surface area contributed by atoms with E-state index in [0.29, 0.717) is 5.69 Å². The number of imidazole rings is 1. The molecule has 0 amide bonds. The summed E-state index contributed by atoms with van der Waals surface area (Å²) in [5.41, 5.74) is 1.92. The number of aromatic nitrogens is 2. The molecule has 0 bridgehead atoms. The van der Waals surface area contributed by atoms with E-state index in [1.54, 1.807) is 6.20 Å². The smallest absolute Gasteiger partial charge is 0.328 e. The SMILES string of the molecule is COC(OC)(OC)c1cnc([C@@H](C)Cc2ccccc2)[nH]1. The van der Waals surface area contributed by atoms with Crippen molar-refractivity contribution < 1.29 is 14.2 Å². The molecular formula is C16H22N2O3. The van der Waals surface area contributed by atoms with Crippen LogP contribution < -0.4 is 0 Å². The van der Waals surface area contributed by atoms with Crippen LogP contribution in [0, 0.1) is 0 Å². The van der Waals surface area contributed by atoms with Crippen molar-refractivity contribution in [2.45, 2.75) is 25.2 Å². The van der Waals surface area contributed by atoms with Crippen LogP contribution >= 0.6 is 0 Å². The number of nitrogens with zero attached hydrogens (tertiary/aromatic N) is 1. The second kappa shape index (κ2) is 6.85. The molecule has 0 aliphatic carbocycles. The standard InChI is InChI=1S/C16H22N2O3/c1-12(10-13-8-6-5-7-9-13)15-17-11-14(18-15)16(19-2,20-3)21-4/h5-9,11-12H,10H2,1-4H3,(H,17,18)/t12-/m0/s1. The number of nitrogens with one attached hydrogen (secondary N) is 1. The van der Waals surface area contributed by atoms with E-state index in [2.05, 4.69) is 29.0 Å². The summed E-state index contributed by atoms with van der Waals surface area (Å²) in [4.78, 5) is 7.67. The maximum absolute atomic E-state index is 5.32. The quantitative estimate of drug-likeness (QED) is 0.797. The van der Waals surface area contributed by atoms with E-state index in [1.807, 2.05) is 18.2 Å². The average molecular weight is 290 g/mol. The number of rotatable bonds is 7. The van der Waals surface area contributed by atoms with Gasteiger partial charge in [-0.2, -0.15) is 0 Å². The fourth-order valence-electron chi connectivity index (χ4n) is 2.39.